The maximum absolute atomic E-state index is 12.8. The lowest BCUT2D eigenvalue weighted by molar-refractivity contribution is 0.184. The van der Waals surface area contributed by atoms with Gasteiger partial charge in [0, 0.05) is 7.11 Å². The van der Waals surface area contributed by atoms with Crippen LogP contribution in [0.4, 0.5) is 5.82 Å². The summed E-state index contributed by atoms with van der Waals surface area (Å²) < 4.78 is 39.8. The molecule has 9 nitrogen and oxygen atoms in total. The van der Waals surface area contributed by atoms with E-state index in [-0.39, 0.29) is 26.6 Å². The van der Waals surface area contributed by atoms with E-state index in [0.717, 1.165) is 0 Å². The molecule has 12 heteroatoms. The zero-order valence-corrected chi connectivity index (χ0v) is 16.6. The number of benzene rings is 1. The summed E-state index contributed by atoms with van der Waals surface area (Å²) in [4.78, 5) is 8.03. The molecule has 0 bridgehead atoms. The van der Waals surface area contributed by atoms with Crippen LogP contribution < -0.4 is 9.46 Å². The highest BCUT2D eigenvalue weighted by Gasteiger charge is 2.24. The van der Waals surface area contributed by atoms with Crippen LogP contribution in [-0.2, 0) is 21.3 Å². The molecule has 3 rings (SSSR count). The highest BCUT2D eigenvalue weighted by molar-refractivity contribution is 7.92. The van der Waals surface area contributed by atoms with E-state index in [2.05, 4.69) is 19.8 Å². The molecule has 3 aromatic rings. The minimum absolute atomic E-state index is 0.0107. The second-order valence-electron chi connectivity index (χ2n) is 5.30. The molecule has 27 heavy (non-hydrogen) atoms. The van der Waals surface area contributed by atoms with Gasteiger partial charge in [-0.1, -0.05) is 29.3 Å². The van der Waals surface area contributed by atoms with Crippen LogP contribution in [0.5, 0.6) is 5.88 Å². The molecular weight excluding hydrogens is 417 g/mol. The van der Waals surface area contributed by atoms with Gasteiger partial charge in [0.25, 0.3) is 10.0 Å². The standard InChI is InChI=1S/C15H15Cl2N5O4S/c1-25-7-6-22-14-11(15(20-22)26-2)13(18-8-19-14)21-27(23,24)10-5-3-4-9(16)12(10)17/h3-5,8H,6-7H2,1-2H3,(H,18,19,21). The van der Waals surface area contributed by atoms with Crippen LogP contribution in [0.15, 0.2) is 29.4 Å². The number of aromatic nitrogens is 4. The van der Waals surface area contributed by atoms with E-state index in [1.807, 2.05) is 0 Å². The van der Waals surface area contributed by atoms with Gasteiger partial charge >= 0.3 is 0 Å². The molecule has 0 fully saturated rings. The molecule has 1 aromatic carbocycles. The van der Waals surface area contributed by atoms with Gasteiger partial charge in [-0.05, 0) is 12.1 Å². The van der Waals surface area contributed by atoms with Crippen molar-refractivity contribution in [3.05, 3.63) is 34.6 Å². The Bertz CT molecular complexity index is 1090. The number of hydrogen-bond donors (Lipinski definition) is 1. The maximum Gasteiger partial charge on any atom is 0.264 e. The molecule has 0 aliphatic carbocycles. The average Bonchev–Trinajstić information content (AvgIpc) is 3.01. The first-order valence-corrected chi connectivity index (χ1v) is 9.84. The van der Waals surface area contributed by atoms with Crippen molar-refractivity contribution in [2.45, 2.75) is 11.4 Å². The lowest BCUT2D eigenvalue weighted by atomic mass is 10.4. The number of sulfonamides is 1. The second-order valence-corrected chi connectivity index (χ2v) is 7.74. The average molecular weight is 432 g/mol. The van der Waals surface area contributed by atoms with Crippen molar-refractivity contribution in [2.24, 2.45) is 0 Å². The Morgan fingerprint density at radius 3 is 2.70 bits per heavy atom. The first kappa shape index (κ1) is 19.6. The van der Waals surface area contributed by atoms with Crippen LogP contribution in [0.1, 0.15) is 0 Å². The molecule has 2 heterocycles. The van der Waals surface area contributed by atoms with Crippen LogP contribution in [0, 0.1) is 0 Å². The number of rotatable bonds is 7. The highest BCUT2D eigenvalue weighted by Crippen LogP contribution is 2.33. The molecule has 144 valence electrons. The van der Waals surface area contributed by atoms with Crippen LogP contribution in [0.2, 0.25) is 10.0 Å². The number of nitrogens with zero attached hydrogens (tertiary/aromatic N) is 4. The number of hydrogen-bond acceptors (Lipinski definition) is 7. The van der Waals surface area contributed by atoms with Crippen molar-refractivity contribution in [1.82, 2.24) is 19.7 Å². The van der Waals surface area contributed by atoms with Gasteiger partial charge in [0.1, 0.15) is 16.6 Å². The summed E-state index contributed by atoms with van der Waals surface area (Å²) in [5.74, 6) is 0.188. The molecule has 0 aliphatic rings. The van der Waals surface area contributed by atoms with E-state index in [1.54, 1.807) is 11.8 Å². The summed E-state index contributed by atoms with van der Waals surface area (Å²) in [6.07, 6.45) is 1.23. The zero-order valence-electron chi connectivity index (χ0n) is 14.3. The van der Waals surface area contributed by atoms with E-state index in [0.29, 0.717) is 24.2 Å². The van der Waals surface area contributed by atoms with E-state index in [1.165, 1.54) is 31.6 Å². The van der Waals surface area contributed by atoms with Gasteiger partial charge in [-0.15, -0.1) is 5.10 Å². The van der Waals surface area contributed by atoms with Gasteiger partial charge in [0.15, 0.2) is 11.5 Å². The third kappa shape index (κ3) is 3.79. The van der Waals surface area contributed by atoms with Gasteiger partial charge < -0.3 is 9.47 Å². The molecule has 0 aliphatic heterocycles. The minimum atomic E-state index is -4.06. The Morgan fingerprint density at radius 1 is 1.22 bits per heavy atom. The lowest BCUT2D eigenvalue weighted by Crippen LogP contribution is -2.15. The van der Waals surface area contributed by atoms with E-state index in [4.69, 9.17) is 32.7 Å². The van der Waals surface area contributed by atoms with Crippen LogP contribution in [0.3, 0.4) is 0 Å². The largest absolute Gasteiger partial charge is 0.479 e. The summed E-state index contributed by atoms with van der Waals surface area (Å²) in [6.45, 7) is 0.794. The normalized spacial score (nSPS) is 11.7. The molecule has 0 radical (unpaired) electrons. The fourth-order valence-corrected chi connectivity index (χ4v) is 4.19. The quantitative estimate of drug-likeness (QED) is 0.611. The lowest BCUT2D eigenvalue weighted by Gasteiger charge is -2.10. The van der Waals surface area contributed by atoms with Gasteiger partial charge in [0.2, 0.25) is 5.88 Å². The maximum atomic E-state index is 12.8. The second kappa shape index (κ2) is 7.85. The molecule has 2 aromatic heterocycles. The van der Waals surface area contributed by atoms with Crippen LogP contribution in [0.25, 0.3) is 11.0 Å². The monoisotopic (exact) mass is 431 g/mol. The van der Waals surface area contributed by atoms with Gasteiger partial charge in [-0.2, -0.15) is 0 Å². The number of methoxy groups -OCH3 is 2. The molecular formula is C15H15Cl2N5O4S. The fraction of sp³-hybridized carbons (Fsp3) is 0.267. The van der Waals surface area contributed by atoms with Gasteiger partial charge in [0.05, 0.1) is 30.3 Å². The van der Waals surface area contributed by atoms with E-state index in [9.17, 15) is 8.42 Å². The third-order valence-electron chi connectivity index (χ3n) is 3.63. The third-order valence-corrected chi connectivity index (χ3v) is 5.95. The van der Waals surface area contributed by atoms with Crippen molar-refractivity contribution >= 4 is 50.1 Å². The predicted octanol–water partition coefficient (Wildman–Crippen LogP) is 2.59. The summed E-state index contributed by atoms with van der Waals surface area (Å²) in [5.41, 5.74) is 0.397. The van der Waals surface area contributed by atoms with Crippen molar-refractivity contribution in [3.8, 4) is 5.88 Å². The molecule has 0 atom stereocenters. The zero-order chi connectivity index (χ0) is 19.6. The molecule has 1 N–H and O–H groups in total. The number of anilines is 1. The Balaban J connectivity index is 2.09. The Labute approximate surface area is 165 Å². The van der Waals surface area contributed by atoms with Crippen LogP contribution in [-0.4, -0.2) is 49.0 Å². The highest BCUT2D eigenvalue weighted by atomic mass is 35.5. The molecule has 0 spiro atoms. The number of fused-ring (bicyclic) bond motifs is 1. The van der Waals surface area contributed by atoms with Crippen molar-refractivity contribution < 1.29 is 17.9 Å². The topological polar surface area (TPSA) is 108 Å². The summed E-state index contributed by atoms with van der Waals surface area (Å²) in [5, 5.41) is 4.63. The SMILES string of the molecule is COCCn1nc(OC)c2c(NS(=O)(=O)c3cccc(Cl)c3Cl)ncnc21. The Morgan fingerprint density at radius 2 is 2.00 bits per heavy atom. The Hall–Kier alpha value is -2.14. The minimum Gasteiger partial charge on any atom is -0.479 e. The first-order chi connectivity index (χ1) is 12.9. The number of ether oxygens (including phenoxy) is 2. The molecule has 0 unspecified atom stereocenters. The van der Waals surface area contributed by atoms with Crippen molar-refractivity contribution in [1.29, 1.82) is 0 Å². The molecule has 0 saturated heterocycles. The molecule has 0 amide bonds. The van der Waals surface area contributed by atoms with Crippen LogP contribution >= 0.6 is 23.2 Å². The van der Waals surface area contributed by atoms with Gasteiger partial charge in [-0.3, -0.25) is 4.72 Å². The van der Waals surface area contributed by atoms with Crippen molar-refractivity contribution in [2.75, 3.05) is 25.5 Å². The summed E-state index contributed by atoms with van der Waals surface area (Å²) in [6, 6.07) is 4.32. The number of halogens is 2. The molecule has 0 saturated carbocycles. The summed E-state index contributed by atoms with van der Waals surface area (Å²) in [7, 11) is -1.08. The summed E-state index contributed by atoms with van der Waals surface area (Å²) >= 11 is 12.0. The van der Waals surface area contributed by atoms with E-state index < -0.39 is 10.0 Å². The van der Waals surface area contributed by atoms with Crippen molar-refractivity contribution in [3.63, 3.8) is 0 Å². The van der Waals surface area contributed by atoms with E-state index >= 15 is 0 Å². The Kier molecular flexibility index (Phi) is 5.70. The predicted molar refractivity (Wildman–Crippen MR) is 101 cm³/mol. The smallest absolute Gasteiger partial charge is 0.264 e. The van der Waals surface area contributed by atoms with Gasteiger partial charge in [-0.25, -0.2) is 23.1 Å². The first-order valence-electron chi connectivity index (χ1n) is 7.60. The number of nitrogens with one attached hydrogen (secondary N) is 1. The fourth-order valence-electron chi connectivity index (χ4n) is 2.40.